The van der Waals surface area contributed by atoms with Gasteiger partial charge in [0.25, 0.3) is 0 Å². The van der Waals surface area contributed by atoms with E-state index < -0.39 is 0 Å². The fourth-order valence-corrected chi connectivity index (χ4v) is 2.96. The van der Waals surface area contributed by atoms with E-state index in [1.807, 2.05) is 0 Å². The molecule has 2 nitrogen and oxygen atoms in total. The minimum absolute atomic E-state index is 0.568. The van der Waals surface area contributed by atoms with Crippen LogP contribution in [0.1, 0.15) is 22.7 Å². The largest absolute Gasteiger partial charge is 0.307 e. The average Bonchev–Trinajstić information content (AvgIpc) is 2.58. The zero-order chi connectivity index (χ0) is 10.4. The highest BCUT2D eigenvalue weighted by Crippen LogP contribution is 2.35. The van der Waals surface area contributed by atoms with E-state index in [0.29, 0.717) is 12.1 Å². The summed E-state index contributed by atoms with van der Waals surface area (Å²) in [5, 5.41) is 3.65. The van der Waals surface area contributed by atoms with Gasteiger partial charge in [-0.3, -0.25) is 4.90 Å². The van der Waals surface area contributed by atoms with Crippen LogP contribution in [0, 0.1) is 6.92 Å². The molecule has 1 heterocycles. The molecule has 80 valence electrons. The van der Waals surface area contributed by atoms with Gasteiger partial charge in [0.1, 0.15) is 0 Å². The van der Waals surface area contributed by atoms with Gasteiger partial charge in [-0.25, -0.2) is 0 Å². The van der Waals surface area contributed by atoms with Crippen LogP contribution in [-0.2, 0) is 6.42 Å². The molecule has 1 fully saturated rings. The molecule has 1 aromatic rings. The summed E-state index contributed by atoms with van der Waals surface area (Å²) >= 11 is 0. The molecule has 2 heteroatoms. The summed E-state index contributed by atoms with van der Waals surface area (Å²) in [5.41, 5.74) is 4.45. The van der Waals surface area contributed by atoms with Crippen molar-refractivity contribution >= 4 is 0 Å². The maximum Gasteiger partial charge on any atom is 0.0484 e. The third-order valence-corrected chi connectivity index (χ3v) is 3.85. The lowest BCUT2D eigenvalue weighted by molar-refractivity contribution is 0.163. The second-order valence-electron chi connectivity index (χ2n) is 4.89. The van der Waals surface area contributed by atoms with Crippen molar-refractivity contribution in [2.24, 2.45) is 0 Å². The minimum Gasteiger partial charge on any atom is -0.307 e. The van der Waals surface area contributed by atoms with Gasteiger partial charge in [0, 0.05) is 25.2 Å². The molecule has 0 radical (unpaired) electrons. The van der Waals surface area contributed by atoms with Crippen LogP contribution in [0.15, 0.2) is 18.2 Å². The molecule has 1 aromatic carbocycles. The van der Waals surface area contributed by atoms with Gasteiger partial charge in [-0.2, -0.15) is 0 Å². The zero-order valence-electron chi connectivity index (χ0n) is 9.46. The Morgan fingerprint density at radius 1 is 1.40 bits per heavy atom. The van der Waals surface area contributed by atoms with Gasteiger partial charge < -0.3 is 5.32 Å². The van der Waals surface area contributed by atoms with E-state index in [9.17, 15) is 0 Å². The second-order valence-corrected chi connectivity index (χ2v) is 4.89. The van der Waals surface area contributed by atoms with E-state index in [1.54, 1.807) is 0 Å². The van der Waals surface area contributed by atoms with E-state index in [2.05, 4.69) is 42.4 Å². The van der Waals surface area contributed by atoms with Gasteiger partial charge in [-0.1, -0.05) is 23.8 Å². The third kappa shape index (κ3) is 1.40. The predicted molar refractivity (Wildman–Crippen MR) is 62.0 cm³/mol. The van der Waals surface area contributed by atoms with Crippen molar-refractivity contribution in [2.45, 2.75) is 25.4 Å². The number of likely N-dealkylation sites (N-methyl/N-ethyl adjacent to an activating group) is 1. The topological polar surface area (TPSA) is 15.3 Å². The van der Waals surface area contributed by atoms with Crippen LogP contribution in [0.25, 0.3) is 0 Å². The molecule has 3 rings (SSSR count). The Hall–Kier alpha value is -0.860. The summed E-state index contributed by atoms with van der Waals surface area (Å²) in [6.07, 6.45) is 1.21. The van der Waals surface area contributed by atoms with E-state index in [1.165, 1.54) is 29.7 Å². The highest BCUT2D eigenvalue weighted by Gasteiger charge is 2.36. The first-order valence-electron chi connectivity index (χ1n) is 5.79. The molecular formula is C13H18N2. The standard InChI is InChI=1S/C13H18N2/c1-9-3-4-10-8-12-13(11(10)7-9)14-5-6-15(12)2/h3-4,7,12-14H,5-6,8H2,1-2H3. The summed E-state index contributed by atoms with van der Waals surface area (Å²) in [5.74, 6) is 0. The number of benzene rings is 1. The van der Waals surface area contributed by atoms with Crippen LogP contribution in [0.3, 0.4) is 0 Å². The number of rotatable bonds is 0. The quantitative estimate of drug-likeness (QED) is 0.686. The zero-order valence-corrected chi connectivity index (χ0v) is 9.46. The van der Waals surface area contributed by atoms with Crippen molar-refractivity contribution in [1.82, 2.24) is 10.2 Å². The number of aryl methyl sites for hydroxylation is 1. The highest BCUT2D eigenvalue weighted by atomic mass is 15.2. The van der Waals surface area contributed by atoms with Gasteiger partial charge in [-0.05, 0) is 31.5 Å². The van der Waals surface area contributed by atoms with Gasteiger partial charge in [0.15, 0.2) is 0 Å². The van der Waals surface area contributed by atoms with Crippen LogP contribution in [0.4, 0.5) is 0 Å². The molecule has 0 aromatic heterocycles. The normalized spacial score (nSPS) is 30.0. The fraction of sp³-hybridized carbons (Fsp3) is 0.538. The maximum atomic E-state index is 3.65. The number of nitrogens with zero attached hydrogens (tertiary/aromatic N) is 1. The van der Waals surface area contributed by atoms with Crippen molar-refractivity contribution in [3.8, 4) is 0 Å². The van der Waals surface area contributed by atoms with Gasteiger partial charge >= 0.3 is 0 Å². The summed E-state index contributed by atoms with van der Waals surface area (Å²) in [6, 6.07) is 8.13. The van der Waals surface area contributed by atoms with Crippen LogP contribution >= 0.6 is 0 Å². The predicted octanol–water partition coefficient (Wildman–Crippen LogP) is 1.50. The Labute approximate surface area is 91.3 Å². The van der Waals surface area contributed by atoms with Crippen molar-refractivity contribution in [3.05, 3.63) is 34.9 Å². The fourth-order valence-electron chi connectivity index (χ4n) is 2.96. The molecule has 0 bridgehead atoms. The molecular weight excluding hydrogens is 184 g/mol. The Balaban J connectivity index is 2.01. The number of nitrogens with one attached hydrogen (secondary N) is 1. The SMILES string of the molecule is Cc1ccc2c(c1)C1NCCN(C)C1C2. The molecule has 2 aliphatic rings. The van der Waals surface area contributed by atoms with Gasteiger partial charge in [0.05, 0.1) is 0 Å². The summed E-state index contributed by atoms with van der Waals surface area (Å²) < 4.78 is 0. The number of fused-ring (bicyclic) bond motifs is 3. The molecule has 1 N–H and O–H groups in total. The molecule has 1 saturated heterocycles. The number of hydrogen-bond donors (Lipinski definition) is 1. The summed E-state index contributed by atoms with van der Waals surface area (Å²) in [7, 11) is 2.25. The third-order valence-electron chi connectivity index (χ3n) is 3.85. The highest BCUT2D eigenvalue weighted by molar-refractivity contribution is 5.40. The molecule has 2 unspecified atom stereocenters. The lowest BCUT2D eigenvalue weighted by Crippen LogP contribution is -2.49. The van der Waals surface area contributed by atoms with Gasteiger partial charge in [-0.15, -0.1) is 0 Å². The molecule has 0 amide bonds. The smallest absolute Gasteiger partial charge is 0.0484 e. The summed E-state index contributed by atoms with van der Waals surface area (Å²) in [4.78, 5) is 2.50. The minimum atomic E-state index is 0.568. The molecule has 1 aliphatic heterocycles. The van der Waals surface area contributed by atoms with Crippen LogP contribution in [0.5, 0.6) is 0 Å². The molecule has 15 heavy (non-hydrogen) atoms. The first kappa shape index (κ1) is 9.37. The Morgan fingerprint density at radius 3 is 3.13 bits per heavy atom. The van der Waals surface area contributed by atoms with Crippen molar-refractivity contribution < 1.29 is 0 Å². The molecule has 2 atom stereocenters. The Bertz CT molecular complexity index is 386. The van der Waals surface area contributed by atoms with Crippen molar-refractivity contribution in [2.75, 3.05) is 20.1 Å². The van der Waals surface area contributed by atoms with Crippen molar-refractivity contribution in [3.63, 3.8) is 0 Å². The lowest BCUT2D eigenvalue weighted by Gasteiger charge is -2.36. The van der Waals surface area contributed by atoms with E-state index >= 15 is 0 Å². The maximum absolute atomic E-state index is 3.65. The monoisotopic (exact) mass is 202 g/mol. The van der Waals surface area contributed by atoms with Crippen LogP contribution < -0.4 is 5.32 Å². The first-order chi connectivity index (χ1) is 7.25. The van der Waals surface area contributed by atoms with E-state index in [-0.39, 0.29) is 0 Å². The van der Waals surface area contributed by atoms with E-state index in [0.717, 1.165) is 6.54 Å². The average molecular weight is 202 g/mol. The number of hydrogen-bond acceptors (Lipinski definition) is 2. The van der Waals surface area contributed by atoms with Crippen LogP contribution in [0.2, 0.25) is 0 Å². The lowest BCUT2D eigenvalue weighted by atomic mass is 10.0. The van der Waals surface area contributed by atoms with Crippen LogP contribution in [-0.4, -0.2) is 31.1 Å². The summed E-state index contributed by atoms with van der Waals surface area (Å²) in [6.45, 7) is 4.47. The number of piperazine rings is 1. The van der Waals surface area contributed by atoms with Gasteiger partial charge in [0.2, 0.25) is 0 Å². The molecule has 0 spiro atoms. The second kappa shape index (κ2) is 3.32. The Kier molecular flexibility index (Phi) is 2.08. The van der Waals surface area contributed by atoms with Crippen molar-refractivity contribution in [1.29, 1.82) is 0 Å². The van der Waals surface area contributed by atoms with E-state index in [4.69, 9.17) is 0 Å². The molecule has 0 saturated carbocycles. The first-order valence-corrected chi connectivity index (χ1v) is 5.79. The molecule has 1 aliphatic carbocycles. The Morgan fingerprint density at radius 2 is 2.27 bits per heavy atom.